The Balaban J connectivity index is 2.20. The fourth-order valence-corrected chi connectivity index (χ4v) is 2.07. The van der Waals surface area contributed by atoms with Gasteiger partial charge in [-0.2, -0.15) is 5.26 Å². The zero-order valence-corrected chi connectivity index (χ0v) is 10.3. The number of aryl methyl sites for hydroxylation is 1. The van der Waals surface area contributed by atoms with Gasteiger partial charge in [-0.15, -0.1) is 0 Å². The average Bonchev–Trinajstić information content (AvgIpc) is 2.85. The van der Waals surface area contributed by atoms with Crippen LogP contribution in [0.1, 0.15) is 11.3 Å². The van der Waals surface area contributed by atoms with E-state index in [9.17, 15) is 4.39 Å². The molecule has 1 aromatic carbocycles. The molecule has 4 heteroatoms. The summed E-state index contributed by atoms with van der Waals surface area (Å²) in [6.45, 7) is 1.88. The molecule has 0 saturated carbocycles. The molecule has 0 aliphatic carbocycles. The summed E-state index contributed by atoms with van der Waals surface area (Å²) in [5.41, 5.74) is 3.86. The van der Waals surface area contributed by atoms with Crippen molar-refractivity contribution in [3.05, 3.63) is 59.7 Å². The standard InChI is InChI=1S/C15H10FN3/c1-10-12(8-17)4-7-15-18-14(9-19(10)15)11-2-5-13(16)6-3-11/h2-7,9H,1H3. The highest BCUT2D eigenvalue weighted by Crippen LogP contribution is 2.21. The van der Waals surface area contributed by atoms with Crippen LogP contribution >= 0.6 is 0 Å². The van der Waals surface area contributed by atoms with E-state index in [1.54, 1.807) is 24.3 Å². The quantitative estimate of drug-likeness (QED) is 0.665. The van der Waals surface area contributed by atoms with Crippen LogP contribution in [0.15, 0.2) is 42.6 Å². The van der Waals surface area contributed by atoms with E-state index >= 15 is 0 Å². The first-order chi connectivity index (χ1) is 9.19. The second-order valence-electron chi connectivity index (χ2n) is 4.31. The van der Waals surface area contributed by atoms with Gasteiger partial charge in [0.05, 0.1) is 11.3 Å². The maximum atomic E-state index is 12.9. The first kappa shape index (κ1) is 11.4. The van der Waals surface area contributed by atoms with Gasteiger partial charge in [0.25, 0.3) is 0 Å². The van der Waals surface area contributed by atoms with E-state index < -0.39 is 0 Å². The van der Waals surface area contributed by atoms with Gasteiger partial charge in [0.15, 0.2) is 0 Å². The van der Waals surface area contributed by atoms with E-state index in [1.165, 1.54) is 12.1 Å². The summed E-state index contributed by atoms with van der Waals surface area (Å²) in [5.74, 6) is -0.268. The number of benzene rings is 1. The van der Waals surface area contributed by atoms with E-state index in [-0.39, 0.29) is 5.82 Å². The largest absolute Gasteiger partial charge is 0.302 e. The highest BCUT2D eigenvalue weighted by Gasteiger charge is 2.08. The molecule has 0 radical (unpaired) electrons. The number of pyridine rings is 1. The van der Waals surface area contributed by atoms with Crippen LogP contribution in [-0.4, -0.2) is 9.38 Å². The maximum absolute atomic E-state index is 12.9. The van der Waals surface area contributed by atoms with Crippen LogP contribution in [0, 0.1) is 24.1 Å². The van der Waals surface area contributed by atoms with E-state index in [0.717, 1.165) is 22.6 Å². The van der Waals surface area contributed by atoms with Gasteiger partial charge < -0.3 is 4.40 Å². The van der Waals surface area contributed by atoms with Crippen molar-refractivity contribution in [3.8, 4) is 17.3 Å². The molecule has 0 N–H and O–H groups in total. The molecule has 0 amide bonds. The number of halogens is 1. The van der Waals surface area contributed by atoms with Gasteiger partial charge in [0.2, 0.25) is 0 Å². The van der Waals surface area contributed by atoms with Crippen molar-refractivity contribution in [2.24, 2.45) is 0 Å². The number of rotatable bonds is 1. The summed E-state index contributed by atoms with van der Waals surface area (Å²) in [5, 5.41) is 9.01. The Morgan fingerprint density at radius 2 is 1.89 bits per heavy atom. The Labute approximate surface area is 109 Å². The number of nitriles is 1. The van der Waals surface area contributed by atoms with E-state index in [0.29, 0.717) is 5.56 Å². The topological polar surface area (TPSA) is 41.1 Å². The highest BCUT2D eigenvalue weighted by atomic mass is 19.1. The van der Waals surface area contributed by atoms with E-state index in [1.807, 2.05) is 17.5 Å². The second kappa shape index (κ2) is 4.21. The van der Waals surface area contributed by atoms with Gasteiger partial charge in [0.1, 0.15) is 17.5 Å². The first-order valence-corrected chi connectivity index (χ1v) is 5.84. The number of nitrogens with zero attached hydrogens (tertiary/aromatic N) is 3. The molecule has 0 unspecified atom stereocenters. The van der Waals surface area contributed by atoms with Crippen molar-refractivity contribution >= 4 is 5.65 Å². The van der Waals surface area contributed by atoms with Gasteiger partial charge in [-0.05, 0) is 43.3 Å². The van der Waals surface area contributed by atoms with Gasteiger partial charge in [0, 0.05) is 17.5 Å². The van der Waals surface area contributed by atoms with Crippen LogP contribution in [0.4, 0.5) is 4.39 Å². The Morgan fingerprint density at radius 1 is 1.16 bits per heavy atom. The number of imidazole rings is 1. The fourth-order valence-electron chi connectivity index (χ4n) is 2.07. The second-order valence-corrected chi connectivity index (χ2v) is 4.31. The minimum absolute atomic E-state index is 0.268. The zero-order valence-electron chi connectivity index (χ0n) is 10.3. The van der Waals surface area contributed by atoms with Crippen molar-refractivity contribution in [1.82, 2.24) is 9.38 Å². The third kappa shape index (κ3) is 1.85. The predicted molar refractivity (Wildman–Crippen MR) is 70.0 cm³/mol. The number of hydrogen-bond acceptors (Lipinski definition) is 2. The number of hydrogen-bond donors (Lipinski definition) is 0. The lowest BCUT2D eigenvalue weighted by Gasteiger charge is -2.00. The van der Waals surface area contributed by atoms with Gasteiger partial charge in [-0.25, -0.2) is 9.37 Å². The monoisotopic (exact) mass is 251 g/mol. The molecule has 0 saturated heterocycles. The fraction of sp³-hybridized carbons (Fsp3) is 0.0667. The molecule has 92 valence electrons. The number of aromatic nitrogens is 2. The van der Waals surface area contributed by atoms with E-state index in [4.69, 9.17) is 5.26 Å². The Morgan fingerprint density at radius 3 is 2.58 bits per heavy atom. The highest BCUT2D eigenvalue weighted by molar-refractivity contribution is 5.63. The predicted octanol–water partition coefficient (Wildman–Crippen LogP) is 3.32. The van der Waals surface area contributed by atoms with Crippen LogP contribution in [0.5, 0.6) is 0 Å². The number of fused-ring (bicyclic) bond motifs is 1. The molecule has 3 aromatic rings. The molecule has 2 aromatic heterocycles. The van der Waals surface area contributed by atoms with Crippen molar-refractivity contribution in [3.63, 3.8) is 0 Å². The lowest BCUT2D eigenvalue weighted by atomic mass is 10.2. The average molecular weight is 251 g/mol. The molecular weight excluding hydrogens is 241 g/mol. The Kier molecular flexibility index (Phi) is 2.53. The molecule has 0 aliphatic heterocycles. The molecule has 0 spiro atoms. The van der Waals surface area contributed by atoms with Gasteiger partial charge in [-0.1, -0.05) is 0 Å². The molecule has 0 fully saturated rings. The minimum Gasteiger partial charge on any atom is -0.302 e. The summed E-state index contributed by atoms with van der Waals surface area (Å²) >= 11 is 0. The van der Waals surface area contributed by atoms with Crippen molar-refractivity contribution in [2.45, 2.75) is 6.92 Å². The molecule has 0 atom stereocenters. The lowest BCUT2D eigenvalue weighted by molar-refractivity contribution is 0.628. The molecule has 0 aliphatic rings. The van der Waals surface area contributed by atoms with Crippen molar-refractivity contribution in [1.29, 1.82) is 5.26 Å². The summed E-state index contributed by atoms with van der Waals surface area (Å²) in [6, 6.07) is 11.9. The third-order valence-electron chi connectivity index (χ3n) is 3.14. The minimum atomic E-state index is -0.268. The molecule has 3 rings (SSSR count). The molecule has 19 heavy (non-hydrogen) atoms. The summed E-state index contributed by atoms with van der Waals surface area (Å²) < 4.78 is 14.8. The maximum Gasteiger partial charge on any atom is 0.137 e. The normalized spacial score (nSPS) is 10.6. The van der Waals surface area contributed by atoms with Crippen molar-refractivity contribution < 1.29 is 4.39 Å². The zero-order chi connectivity index (χ0) is 13.4. The van der Waals surface area contributed by atoms with Crippen molar-refractivity contribution in [2.75, 3.05) is 0 Å². The first-order valence-electron chi connectivity index (χ1n) is 5.84. The summed E-state index contributed by atoms with van der Waals surface area (Å²) in [7, 11) is 0. The van der Waals surface area contributed by atoms with Crippen LogP contribution in [0.25, 0.3) is 16.9 Å². The van der Waals surface area contributed by atoms with E-state index in [2.05, 4.69) is 11.1 Å². The van der Waals surface area contributed by atoms with Gasteiger partial charge >= 0.3 is 0 Å². The molecular formula is C15H10FN3. The summed E-state index contributed by atoms with van der Waals surface area (Å²) in [6.07, 6.45) is 1.86. The van der Waals surface area contributed by atoms with Crippen LogP contribution < -0.4 is 0 Å². The molecule has 0 bridgehead atoms. The van der Waals surface area contributed by atoms with Crippen LogP contribution in [0.2, 0.25) is 0 Å². The Hall–Kier alpha value is -2.67. The third-order valence-corrected chi connectivity index (χ3v) is 3.14. The van der Waals surface area contributed by atoms with Gasteiger partial charge in [-0.3, -0.25) is 0 Å². The Bertz CT molecular complexity index is 795. The van der Waals surface area contributed by atoms with Crippen LogP contribution in [0.3, 0.4) is 0 Å². The summed E-state index contributed by atoms with van der Waals surface area (Å²) in [4.78, 5) is 4.48. The smallest absolute Gasteiger partial charge is 0.137 e. The van der Waals surface area contributed by atoms with Crippen LogP contribution in [-0.2, 0) is 0 Å². The molecule has 2 heterocycles. The lowest BCUT2D eigenvalue weighted by Crippen LogP contribution is -1.93. The molecule has 3 nitrogen and oxygen atoms in total. The SMILES string of the molecule is Cc1c(C#N)ccc2nc(-c3ccc(F)cc3)cn12.